The molecular formula is C10H9N5OS2. The molecule has 92 valence electrons. The molecule has 0 spiro atoms. The van der Waals surface area contributed by atoms with Crippen LogP contribution in [-0.2, 0) is 6.54 Å². The highest BCUT2D eigenvalue weighted by Gasteiger charge is 2.12. The maximum Gasteiger partial charge on any atom is 0.246 e. The average molecular weight is 279 g/mol. The number of nitrogens with zero attached hydrogens (tertiary/aromatic N) is 4. The molecule has 0 saturated heterocycles. The van der Waals surface area contributed by atoms with Crippen molar-refractivity contribution in [2.45, 2.75) is 13.5 Å². The molecule has 0 radical (unpaired) electrons. The minimum Gasteiger partial charge on any atom is -0.337 e. The van der Waals surface area contributed by atoms with Gasteiger partial charge in [-0.25, -0.2) is 0 Å². The van der Waals surface area contributed by atoms with Crippen LogP contribution >= 0.6 is 23.6 Å². The van der Waals surface area contributed by atoms with E-state index in [2.05, 4.69) is 20.3 Å². The second kappa shape index (κ2) is 4.46. The van der Waals surface area contributed by atoms with Crippen LogP contribution in [0.25, 0.3) is 10.7 Å². The van der Waals surface area contributed by atoms with Gasteiger partial charge < -0.3 is 4.52 Å². The molecule has 3 aromatic heterocycles. The maximum absolute atomic E-state index is 5.21. The molecule has 3 heterocycles. The maximum atomic E-state index is 5.21. The fourth-order valence-electron chi connectivity index (χ4n) is 1.60. The summed E-state index contributed by atoms with van der Waals surface area (Å²) >= 11 is 6.82. The van der Waals surface area contributed by atoms with Crippen molar-refractivity contribution in [2.24, 2.45) is 0 Å². The van der Waals surface area contributed by atoms with E-state index in [4.69, 9.17) is 16.7 Å². The third-order valence-electron chi connectivity index (χ3n) is 2.36. The van der Waals surface area contributed by atoms with Crippen molar-refractivity contribution < 1.29 is 4.52 Å². The molecule has 1 N–H and O–H groups in total. The highest BCUT2D eigenvalue weighted by Crippen LogP contribution is 2.23. The molecule has 0 aliphatic carbocycles. The Labute approximate surface area is 111 Å². The van der Waals surface area contributed by atoms with Gasteiger partial charge in [-0.2, -0.15) is 10.1 Å². The molecule has 0 bridgehead atoms. The zero-order valence-corrected chi connectivity index (χ0v) is 11.1. The zero-order chi connectivity index (χ0) is 12.5. The quantitative estimate of drug-likeness (QED) is 0.745. The molecule has 0 aliphatic heterocycles. The fourth-order valence-corrected chi connectivity index (χ4v) is 2.52. The van der Waals surface area contributed by atoms with Crippen LogP contribution in [0.3, 0.4) is 0 Å². The van der Waals surface area contributed by atoms with Crippen molar-refractivity contribution >= 4 is 23.6 Å². The number of rotatable bonds is 3. The van der Waals surface area contributed by atoms with Gasteiger partial charge >= 0.3 is 0 Å². The van der Waals surface area contributed by atoms with Gasteiger partial charge in [0.1, 0.15) is 6.54 Å². The Kier molecular flexibility index (Phi) is 2.80. The number of H-pyrrole nitrogens is 1. The van der Waals surface area contributed by atoms with Gasteiger partial charge in [0.05, 0.1) is 4.88 Å². The minimum atomic E-state index is 0.420. The van der Waals surface area contributed by atoms with Gasteiger partial charge in [-0.1, -0.05) is 11.2 Å². The number of nitrogens with one attached hydrogen (secondary N) is 1. The summed E-state index contributed by atoms with van der Waals surface area (Å²) in [6, 6.07) is 3.96. The van der Waals surface area contributed by atoms with Crippen LogP contribution in [0.4, 0.5) is 0 Å². The lowest BCUT2D eigenvalue weighted by atomic mass is 10.4. The molecule has 3 rings (SSSR count). The molecule has 8 heteroatoms. The molecular weight excluding hydrogens is 270 g/mol. The predicted molar refractivity (Wildman–Crippen MR) is 68.9 cm³/mol. The van der Waals surface area contributed by atoms with Gasteiger partial charge in [-0.05, 0) is 30.6 Å². The van der Waals surface area contributed by atoms with Crippen molar-refractivity contribution in [3.63, 3.8) is 0 Å². The summed E-state index contributed by atoms with van der Waals surface area (Å²) in [4.78, 5) is 5.21. The Bertz CT molecular complexity index is 709. The van der Waals surface area contributed by atoms with Crippen LogP contribution in [-0.4, -0.2) is 24.9 Å². The number of aromatic nitrogens is 5. The lowest BCUT2D eigenvalue weighted by molar-refractivity contribution is 0.367. The van der Waals surface area contributed by atoms with E-state index < -0.39 is 0 Å². The highest BCUT2D eigenvalue weighted by atomic mass is 32.1. The Morgan fingerprint density at radius 1 is 1.56 bits per heavy atom. The number of thiophene rings is 1. The van der Waals surface area contributed by atoms with Crippen molar-refractivity contribution in [2.75, 3.05) is 0 Å². The molecule has 18 heavy (non-hydrogen) atoms. The first-order valence-electron chi connectivity index (χ1n) is 5.22. The Morgan fingerprint density at radius 3 is 3.11 bits per heavy atom. The molecule has 6 nitrogen and oxygen atoms in total. The summed E-state index contributed by atoms with van der Waals surface area (Å²) < 4.78 is 7.48. The molecule has 0 aliphatic rings. The molecule has 0 atom stereocenters. The Balaban J connectivity index is 2.01. The average Bonchev–Trinajstić information content (AvgIpc) is 3.03. The van der Waals surface area contributed by atoms with E-state index >= 15 is 0 Å². The van der Waals surface area contributed by atoms with E-state index in [1.165, 1.54) is 0 Å². The van der Waals surface area contributed by atoms with Crippen LogP contribution in [0.2, 0.25) is 0 Å². The second-order valence-electron chi connectivity index (χ2n) is 3.65. The molecule has 3 aromatic rings. The van der Waals surface area contributed by atoms with Crippen LogP contribution in [0.5, 0.6) is 0 Å². The Hall–Kier alpha value is -1.80. The van der Waals surface area contributed by atoms with Gasteiger partial charge in [-0.3, -0.25) is 9.67 Å². The monoisotopic (exact) mass is 279 g/mol. The van der Waals surface area contributed by atoms with E-state index in [1.807, 2.05) is 22.1 Å². The summed E-state index contributed by atoms with van der Waals surface area (Å²) in [5, 5.41) is 12.8. The van der Waals surface area contributed by atoms with Crippen LogP contribution in [0.15, 0.2) is 22.0 Å². The SMILES string of the molecule is Cc1noc(Cn2c(-c3cccs3)n[nH]c2=S)n1. The molecule has 0 aromatic carbocycles. The third-order valence-corrected chi connectivity index (χ3v) is 3.54. The lowest BCUT2D eigenvalue weighted by Gasteiger charge is -2.00. The molecule has 0 saturated carbocycles. The standard InChI is InChI=1S/C10H9N5OS2/c1-6-11-8(16-14-6)5-15-9(12-13-10(15)17)7-3-2-4-18-7/h2-4H,5H2,1H3,(H,13,17). The van der Waals surface area contributed by atoms with E-state index in [0.717, 1.165) is 10.7 Å². The van der Waals surface area contributed by atoms with Gasteiger partial charge in [0.25, 0.3) is 0 Å². The number of hydrogen-bond acceptors (Lipinski definition) is 6. The first-order valence-corrected chi connectivity index (χ1v) is 6.51. The van der Waals surface area contributed by atoms with Gasteiger partial charge in [0.15, 0.2) is 16.4 Å². The van der Waals surface area contributed by atoms with Crippen molar-refractivity contribution in [3.8, 4) is 10.7 Å². The summed E-state index contributed by atoms with van der Waals surface area (Å²) in [6.45, 7) is 2.20. The van der Waals surface area contributed by atoms with E-state index in [1.54, 1.807) is 18.3 Å². The fraction of sp³-hybridized carbons (Fsp3) is 0.200. The number of hydrogen-bond donors (Lipinski definition) is 1. The molecule has 0 amide bonds. The van der Waals surface area contributed by atoms with Gasteiger partial charge in [-0.15, -0.1) is 11.3 Å². The molecule has 0 fully saturated rings. The second-order valence-corrected chi connectivity index (χ2v) is 4.99. The van der Waals surface area contributed by atoms with Crippen molar-refractivity contribution in [1.29, 1.82) is 0 Å². The van der Waals surface area contributed by atoms with E-state index in [0.29, 0.717) is 23.0 Å². The smallest absolute Gasteiger partial charge is 0.246 e. The number of aromatic amines is 1. The van der Waals surface area contributed by atoms with Crippen LogP contribution < -0.4 is 0 Å². The third kappa shape index (κ3) is 2.00. The normalized spacial score (nSPS) is 10.9. The highest BCUT2D eigenvalue weighted by molar-refractivity contribution is 7.71. The van der Waals surface area contributed by atoms with Crippen molar-refractivity contribution in [3.05, 3.63) is 34.0 Å². The first-order chi connectivity index (χ1) is 8.74. The summed E-state index contributed by atoms with van der Waals surface area (Å²) in [5.74, 6) is 1.91. The van der Waals surface area contributed by atoms with Crippen molar-refractivity contribution in [1.82, 2.24) is 24.9 Å². The van der Waals surface area contributed by atoms with E-state index in [9.17, 15) is 0 Å². The van der Waals surface area contributed by atoms with Gasteiger partial charge in [0.2, 0.25) is 5.89 Å². The minimum absolute atomic E-state index is 0.420. The lowest BCUT2D eigenvalue weighted by Crippen LogP contribution is -2.02. The van der Waals surface area contributed by atoms with E-state index in [-0.39, 0.29) is 0 Å². The van der Waals surface area contributed by atoms with Gasteiger partial charge in [0, 0.05) is 0 Å². The molecule has 0 unspecified atom stereocenters. The summed E-state index contributed by atoms with van der Waals surface area (Å²) in [6.07, 6.45) is 0. The summed E-state index contributed by atoms with van der Waals surface area (Å²) in [5.41, 5.74) is 0. The van der Waals surface area contributed by atoms with Crippen LogP contribution in [0, 0.1) is 11.7 Å². The number of aryl methyl sites for hydroxylation is 1. The van der Waals surface area contributed by atoms with Crippen LogP contribution in [0.1, 0.15) is 11.7 Å². The first kappa shape index (κ1) is 11.3. The summed E-state index contributed by atoms with van der Waals surface area (Å²) in [7, 11) is 0. The topological polar surface area (TPSA) is 72.5 Å². The zero-order valence-electron chi connectivity index (χ0n) is 9.45. The Morgan fingerprint density at radius 2 is 2.44 bits per heavy atom. The predicted octanol–water partition coefficient (Wildman–Crippen LogP) is 2.41. The largest absolute Gasteiger partial charge is 0.337 e.